The molecule has 0 atom stereocenters. The van der Waals surface area contributed by atoms with Gasteiger partial charge in [0.25, 0.3) is 5.69 Å². The largest absolute Gasteiger partial charge is 0.381 e. The fraction of sp³-hybridized carbons (Fsp3) is 0.0833. The summed E-state index contributed by atoms with van der Waals surface area (Å²) < 4.78 is 0. The molecule has 0 bridgehead atoms. The Morgan fingerprint density at radius 3 is 2.83 bits per heavy atom. The number of anilines is 1. The Bertz CT molecular complexity index is 575. The van der Waals surface area contributed by atoms with Gasteiger partial charge in [-0.25, -0.2) is 4.98 Å². The highest BCUT2D eigenvalue weighted by Crippen LogP contribution is 2.19. The minimum absolute atomic E-state index is 0.102. The third kappa shape index (κ3) is 2.95. The first-order valence-corrected chi connectivity index (χ1v) is 5.62. The first kappa shape index (κ1) is 12.3. The summed E-state index contributed by atoms with van der Waals surface area (Å²) in [4.78, 5) is 14.3. The number of rotatable bonds is 4. The van der Waals surface area contributed by atoms with Crippen molar-refractivity contribution in [3.05, 3.63) is 63.4 Å². The van der Waals surface area contributed by atoms with E-state index in [1.165, 1.54) is 6.07 Å². The topological polar surface area (TPSA) is 68.1 Å². The zero-order chi connectivity index (χ0) is 13.0. The van der Waals surface area contributed by atoms with Crippen molar-refractivity contribution in [2.45, 2.75) is 6.54 Å². The Kier molecular flexibility index (Phi) is 3.74. The smallest absolute Gasteiger partial charge is 0.274 e. The predicted molar refractivity (Wildman–Crippen MR) is 69.7 cm³/mol. The Morgan fingerprint density at radius 2 is 2.11 bits per heavy atom. The van der Waals surface area contributed by atoms with Crippen LogP contribution in [0.15, 0.2) is 42.6 Å². The van der Waals surface area contributed by atoms with E-state index in [9.17, 15) is 10.1 Å². The number of hydrogen-bond donors (Lipinski definition) is 1. The summed E-state index contributed by atoms with van der Waals surface area (Å²) in [7, 11) is 0. The van der Waals surface area contributed by atoms with Gasteiger partial charge in [-0.15, -0.1) is 0 Å². The van der Waals surface area contributed by atoms with Gasteiger partial charge in [0.2, 0.25) is 0 Å². The fourth-order valence-corrected chi connectivity index (χ4v) is 1.72. The number of hydrogen-bond acceptors (Lipinski definition) is 4. The quantitative estimate of drug-likeness (QED) is 0.522. The van der Waals surface area contributed by atoms with Crippen LogP contribution in [0, 0.1) is 10.1 Å². The summed E-state index contributed by atoms with van der Waals surface area (Å²) in [5, 5.41) is 14.3. The van der Waals surface area contributed by atoms with Crippen LogP contribution >= 0.6 is 11.6 Å². The first-order valence-electron chi connectivity index (χ1n) is 5.24. The van der Waals surface area contributed by atoms with E-state index < -0.39 is 4.92 Å². The van der Waals surface area contributed by atoms with Crippen LogP contribution in [0.5, 0.6) is 0 Å². The number of nitrogens with zero attached hydrogens (tertiary/aromatic N) is 2. The van der Waals surface area contributed by atoms with Crippen molar-refractivity contribution < 1.29 is 4.92 Å². The molecule has 0 fully saturated rings. The molecule has 0 saturated heterocycles. The Balaban J connectivity index is 2.13. The van der Waals surface area contributed by atoms with E-state index in [1.807, 2.05) is 0 Å². The van der Waals surface area contributed by atoms with Gasteiger partial charge in [-0.2, -0.15) is 0 Å². The molecule has 0 amide bonds. The lowest BCUT2D eigenvalue weighted by Gasteiger charge is -2.06. The zero-order valence-corrected chi connectivity index (χ0v) is 10.1. The summed E-state index contributed by atoms with van der Waals surface area (Å²) in [5.41, 5.74) is 1.49. The van der Waals surface area contributed by atoms with E-state index in [-0.39, 0.29) is 5.69 Å². The molecule has 1 aromatic heterocycles. The molecule has 0 radical (unpaired) electrons. The molecule has 2 rings (SSSR count). The number of nitro benzene ring substituents is 1. The van der Waals surface area contributed by atoms with Gasteiger partial charge in [-0.05, 0) is 12.1 Å². The molecule has 2 aromatic rings. The Hall–Kier alpha value is -2.14. The molecule has 5 nitrogen and oxygen atoms in total. The molecule has 1 heterocycles. The van der Waals surface area contributed by atoms with Gasteiger partial charge in [0.15, 0.2) is 0 Å². The van der Waals surface area contributed by atoms with Crippen LogP contribution in [-0.4, -0.2) is 9.91 Å². The maximum Gasteiger partial charge on any atom is 0.274 e. The van der Waals surface area contributed by atoms with Crippen LogP contribution in [0.3, 0.4) is 0 Å². The second-order valence-corrected chi connectivity index (χ2v) is 3.99. The summed E-state index contributed by atoms with van der Waals surface area (Å²) in [5.74, 6) is 0. The van der Waals surface area contributed by atoms with Gasteiger partial charge in [0, 0.05) is 30.1 Å². The van der Waals surface area contributed by atoms with Crippen LogP contribution in [0.2, 0.25) is 5.15 Å². The van der Waals surface area contributed by atoms with Gasteiger partial charge >= 0.3 is 0 Å². The number of para-hydroxylation sites is 1. The molecular weight excluding hydrogens is 254 g/mol. The van der Waals surface area contributed by atoms with E-state index in [0.717, 1.165) is 5.69 Å². The number of pyridine rings is 1. The zero-order valence-electron chi connectivity index (χ0n) is 9.34. The van der Waals surface area contributed by atoms with E-state index in [4.69, 9.17) is 11.6 Å². The van der Waals surface area contributed by atoms with E-state index in [1.54, 1.807) is 36.5 Å². The number of halogens is 1. The third-order valence-corrected chi connectivity index (χ3v) is 2.60. The molecule has 0 unspecified atom stereocenters. The van der Waals surface area contributed by atoms with Crippen LogP contribution < -0.4 is 5.32 Å². The van der Waals surface area contributed by atoms with Crippen molar-refractivity contribution in [1.82, 2.24) is 4.98 Å². The minimum atomic E-state index is -0.392. The Morgan fingerprint density at radius 1 is 1.33 bits per heavy atom. The van der Waals surface area contributed by atoms with Gasteiger partial charge < -0.3 is 5.32 Å². The van der Waals surface area contributed by atoms with Crippen molar-refractivity contribution in [1.29, 1.82) is 0 Å². The number of nitro groups is 1. The molecular formula is C12H10ClN3O2. The van der Waals surface area contributed by atoms with E-state index in [0.29, 0.717) is 17.3 Å². The lowest BCUT2D eigenvalue weighted by Crippen LogP contribution is -2.03. The molecule has 1 N–H and O–H groups in total. The lowest BCUT2D eigenvalue weighted by atomic mass is 10.2. The third-order valence-electron chi connectivity index (χ3n) is 2.40. The number of aromatic nitrogens is 1. The monoisotopic (exact) mass is 263 g/mol. The van der Waals surface area contributed by atoms with Crippen LogP contribution in [0.25, 0.3) is 0 Å². The molecule has 6 heteroatoms. The average molecular weight is 264 g/mol. The average Bonchev–Trinajstić information content (AvgIpc) is 2.37. The summed E-state index contributed by atoms with van der Waals surface area (Å²) in [6, 6.07) is 10.0. The molecule has 1 aromatic carbocycles. The van der Waals surface area contributed by atoms with E-state index in [2.05, 4.69) is 10.3 Å². The van der Waals surface area contributed by atoms with Crippen LogP contribution in [-0.2, 0) is 6.54 Å². The van der Waals surface area contributed by atoms with Gasteiger partial charge in [0.05, 0.1) is 4.92 Å². The van der Waals surface area contributed by atoms with Crippen molar-refractivity contribution in [3.8, 4) is 0 Å². The normalized spacial score (nSPS) is 10.1. The molecule has 18 heavy (non-hydrogen) atoms. The number of nitrogens with one attached hydrogen (secondary N) is 1. The molecule has 0 aliphatic carbocycles. The minimum Gasteiger partial charge on any atom is -0.381 e. The van der Waals surface area contributed by atoms with Crippen molar-refractivity contribution in [2.75, 3.05) is 5.32 Å². The lowest BCUT2D eigenvalue weighted by molar-refractivity contribution is -0.385. The molecule has 0 saturated carbocycles. The molecule has 0 aliphatic heterocycles. The molecule has 0 spiro atoms. The van der Waals surface area contributed by atoms with Crippen molar-refractivity contribution in [2.24, 2.45) is 0 Å². The maximum atomic E-state index is 10.8. The van der Waals surface area contributed by atoms with Crippen LogP contribution in [0.4, 0.5) is 11.4 Å². The SMILES string of the molecule is O=[N+]([O-])c1ccccc1CNc1ccnc(Cl)c1. The fourth-order valence-electron chi connectivity index (χ4n) is 1.55. The summed E-state index contributed by atoms with van der Waals surface area (Å²) >= 11 is 5.75. The molecule has 92 valence electrons. The number of benzene rings is 1. The highest BCUT2D eigenvalue weighted by atomic mass is 35.5. The highest BCUT2D eigenvalue weighted by molar-refractivity contribution is 6.29. The summed E-state index contributed by atoms with van der Waals surface area (Å²) in [6.45, 7) is 0.359. The molecule has 0 aliphatic rings. The first-order chi connectivity index (χ1) is 8.66. The van der Waals surface area contributed by atoms with Gasteiger partial charge in [0.1, 0.15) is 5.15 Å². The predicted octanol–water partition coefficient (Wildman–Crippen LogP) is 3.26. The van der Waals surface area contributed by atoms with Crippen molar-refractivity contribution in [3.63, 3.8) is 0 Å². The van der Waals surface area contributed by atoms with Gasteiger partial charge in [-0.3, -0.25) is 10.1 Å². The Labute approximate surface area is 109 Å². The highest BCUT2D eigenvalue weighted by Gasteiger charge is 2.11. The second-order valence-electron chi connectivity index (χ2n) is 3.61. The van der Waals surface area contributed by atoms with Crippen molar-refractivity contribution >= 4 is 23.0 Å². The van der Waals surface area contributed by atoms with E-state index >= 15 is 0 Å². The second kappa shape index (κ2) is 5.46. The maximum absolute atomic E-state index is 10.8. The van der Waals surface area contributed by atoms with Gasteiger partial charge in [-0.1, -0.05) is 29.8 Å². The van der Waals surface area contributed by atoms with Crippen LogP contribution in [0.1, 0.15) is 5.56 Å². The standard InChI is InChI=1S/C12H10ClN3O2/c13-12-7-10(5-6-14-12)15-8-9-3-1-2-4-11(9)16(17)18/h1-7H,8H2,(H,14,15). The summed E-state index contributed by atoms with van der Waals surface area (Å²) in [6.07, 6.45) is 1.57.